The third-order valence-electron chi connectivity index (χ3n) is 6.18. The molecule has 2 atom stereocenters. The van der Waals surface area contributed by atoms with E-state index in [1.807, 2.05) is 20.8 Å². The van der Waals surface area contributed by atoms with Crippen molar-refractivity contribution in [3.8, 4) is 0 Å². The van der Waals surface area contributed by atoms with Crippen LogP contribution in [0.25, 0.3) is 0 Å². The molecule has 0 unspecified atom stereocenters. The van der Waals surface area contributed by atoms with Crippen molar-refractivity contribution in [3.05, 3.63) is 86.9 Å². The molecule has 3 N–H and O–H groups in total. The Labute approximate surface area is 257 Å². The van der Waals surface area contributed by atoms with E-state index in [2.05, 4.69) is 16.0 Å². The lowest BCUT2D eigenvalue weighted by molar-refractivity contribution is -0.118. The number of carbonyl (C=O) groups is 3. The molecule has 1 fully saturated rings. The first-order valence-electron chi connectivity index (χ1n) is 12.3. The summed E-state index contributed by atoms with van der Waals surface area (Å²) in [6, 6.07) is 16.2. The summed E-state index contributed by atoms with van der Waals surface area (Å²) in [5.41, 5.74) is 2.13. The quantitative estimate of drug-likeness (QED) is 0.225. The van der Waals surface area contributed by atoms with Gasteiger partial charge in [0.1, 0.15) is 4.33 Å². The smallest absolute Gasteiger partial charge is 0.257 e. The highest BCUT2D eigenvalue weighted by atomic mass is 35.5. The highest BCUT2D eigenvalue weighted by molar-refractivity contribution is 6.53. The molecule has 0 bridgehead atoms. The Morgan fingerprint density at radius 1 is 0.775 bits per heavy atom. The minimum absolute atomic E-state index is 0.0932. The molecule has 3 aromatic carbocycles. The van der Waals surface area contributed by atoms with Gasteiger partial charge in [0, 0.05) is 39.4 Å². The molecule has 210 valence electrons. The van der Waals surface area contributed by atoms with Crippen molar-refractivity contribution in [3.63, 3.8) is 0 Å². The van der Waals surface area contributed by atoms with Crippen LogP contribution in [0.4, 0.5) is 17.1 Å². The Morgan fingerprint density at radius 3 is 1.90 bits per heavy atom. The van der Waals surface area contributed by atoms with Crippen molar-refractivity contribution in [1.29, 1.82) is 0 Å². The summed E-state index contributed by atoms with van der Waals surface area (Å²) in [4.78, 5) is 38.2. The van der Waals surface area contributed by atoms with E-state index in [1.54, 1.807) is 48.5 Å². The summed E-state index contributed by atoms with van der Waals surface area (Å²) in [6.45, 7) is 5.96. The van der Waals surface area contributed by atoms with Crippen LogP contribution in [0.15, 0.2) is 60.7 Å². The van der Waals surface area contributed by atoms with Crippen molar-refractivity contribution in [2.45, 2.75) is 37.4 Å². The Morgan fingerprint density at radius 2 is 1.32 bits per heavy atom. The van der Waals surface area contributed by atoms with Gasteiger partial charge < -0.3 is 16.0 Å². The van der Waals surface area contributed by atoms with Gasteiger partial charge in [0.05, 0.1) is 16.5 Å². The first-order valence-corrected chi connectivity index (χ1v) is 14.2. The highest BCUT2D eigenvalue weighted by Gasteiger charge is 2.67. The fourth-order valence-electron chi connectivity index (χ4n) is 4.34. The molecule has 40 heavy (non-hydrogen) atoms. The predicted octanol–water partition coefficient (Wildman–Crippen LogP) is 8.80. The average molecular weight is 642 g/mol. The van der Waals surface area contributed by atoms with Gasteiger partial charge in [-0.3, -0.25) is 14.4 Å². The number of nitrogens with one attached hydrogen (secondary N) is 3. The van der Waals surface area contributed by atoms with E-state index in [0.29, 0.717) is 39.1 Å². The van der Waals surface area contributed by atoms with Gasteiger partial charge in [-0.25, -0.2) is 0 Å². The first kappa shape index (κ1) is 30.5. The number of hydrogen-bond donors (Lipinski definition) is 3. The highest BCUT2D eigenvalue weighted by Crippen LogP contribution is 2.65. The molecule has 6 nitrogen and oxygen atoms in total. The van der Waals surface area contributed by atoms with Gasteiger partial charge in [-0.2, -0.15) is 0 Å². The number of alkyl halides is 2. The van der Waals surface area contributed by atoms with Crippen LogP contribution in [0.1, 0.15) is 49.0 Å². The van der Waals surface area contributed by atoms with Crippen LogP contribution < -0.4 is 16.0 Å². The fourth-order valence-corrected chi connectivity index (χ4v) is 5.92. The molecule has 11 heteroatoms. The average Bonchev–Trinajstić information content (AvgIpc) is 3.41. The van der Waals surface area contributed by atoms with Gasteiger partial charge in [0.25, 0.3) is 5.91 Å². The van der Waals surface area contributed by atoms with E-state index in [1.165, 1.54) is 12.1 Å². The number of hydrogen-bond acceptors (Lipinski definition) is 3. The Bertz CT molecular complexity index is 1450. The van der Waals surface area contributed by atoms with Crippen LogP contribution in [0, 0.1) is 11.3 Å². The molecule has 0 aliphatic heterocycles. The molecule has 3 aromatic rings. The van der Waals surface area contributed by atoms with Crippen molar-refractivity contribution >= 4 is 92.8 Å². The number of rotatable bonds is 7. The van der Waals surface area contributed by atoms with Crippen LogP contribution in [-0.4, -0.2) is 22.1 Å². The van der Waals surface area contributed by atoms with E-state index < -0.39 is 28.0 Å². The lowest BCUT2D eigenvalue weighted by atomic mass is 9.92. The van der Waals surface area contributed by atoms with Gasteiger partial charge in [-0.1, -0.05) is 55.6 Å². The zero-order valence-corrected chi connectivity index (χ0v) is 25.5. The molecule has 1 aliphatic rings. The number of benzene rings is 3. The van der Waals surface area contributed by atoms with Crippen molar-refractivity contribution in [2.24, 2.45) is 11.3 Å². The van der Waals surface area contributed by atoms with Gasteiger partial charge in [0.15, 0.2) is 0 Å². The SMILES string of the molecule is CC(C)(C)CC(=O)Nc1ccc(NC(=O)c2cc(NC(=O)[C@@H]3[C@@H](c4cc(Cl)cc(Cl)c4)C3(Cl)Cl)ccc2Cl)cc1. The van der Waals surface area contributed by atoms with Gasteiger partial charge in [-0.15, -0.1) is 23.2 Å². The fraction of sp³-hybridized carbons (Fsp3) is 0.276. The summed E-state index contributed by atoms with van der Waals surface area (Å²) in [7, 11) is 0. The Hall–Kier alpha value is -2.48. The summed E-state index contributed by atoms with van der Waals surface area (Å²) in [5.74, 6) is -2.27. The van der Waals surface area contributed by atoms with Crippen LogP contribution in [0.2, 0.25) is 15.1 Å². The van der Waals surface area contributed by atoms with E-state index >= 15 is 0 Å². The molecule has 1 saturated carbocycles. The van der Waals surface area contributed by atoms with Gasteiger partial charge >= 0.3 is 0 Å². The number of amides is 3. The number of carbonyl (C=O) groups excluding carboxylic acids is 3. The van der Waals surface area contributed by atoms with Crippen LogP contribution in [0.5, 0.6) is 0 Å². The van der Waals surface area contributed by atoms with Gasteiger partial charge in [-0.05, 0) is 71.6 Å². The van der Waals surface area contributed by atoms with E-state index in [4.69, 9.17) is 58.0 Å². The standard InChI is InChI=1S/C29H26Cl5N3O3/c1-28(2,3)14-23(38)35-18-4-6-19(7-5-18)36-26(39)21-13-20(8-9-22(21)32)37-27(40)25-24(29(25,33)34)15-10-16(30)12-17(31)11-15/h4-13,24-25H,14H2,1-3H3,(H,35,38)(H,36,39)(H,37,40)/t24-,25+/m1/s1. The van der Waals surface area contributed by atoms with Crippen molar-refractivity contribution in [1.82, 2.24) is 0 Å². The summed E-state index contributed by atoms with van der Waals surface area (Å²) < 4.78 is -1.34. The van der Waals surface area contributed by atoms with E-state index in [9.17, 15) is 14.4 Å². The molecule has 0 spiro atoms. The molecule has 4 rings (SSSR count). The molecule has 0 saturated heterocycles. The summed E-state index contributed by atoms with van der Waals surface area (Å²) in [5, 5.41) is 9.39. The lowest BCUT2D eigenvalue weighted by Gasteiger charge is -2.17. The predicted molar refractivity (Wildman–Crippen MR) is 164 cm³/mol. The molecule has 0 heterocycles. The van der Waals surface area contributed by atoms with Crippen LogP contribution >= 0.6 is 58.0 Å². The minimum Gasteiger partial charge on any atom is -0.326 e. The molecular weight excluding hydrogens is 616 g/mol. The maximum absolute atomic E-state index is 13.1. The third-order valence-corrected chi connectivity index (χ3v) is 7.88. The second-order valence-electron chi connectivity index (χ2n) is 10.8. The second kappa shape index (κ2) is 11.8. The topological polar surface area (TPSA) is 87.3 Å². The van der Waals surface area contributed by atoms with E-state index in [0.717, 1.165) is 0 Å². The Kier molecular flexibility index (Phi) is 8.98. The maximum atomic E-state index is 13.1. The summed E-state index contributed by atoms with van der Waals surface area (Å²) >= 11 is 31.4. The summed E-state index contributed by atoms with van der Waals surface area (Å²) in [6.07, 6.45) is 0.379. The van der Waals surface area contributed by atoms with Crippen LogP contribution in [0.3, 0.4) is 0 Å². The number of halogens is 5. The lowest BCUT2D eigenvalue weighted by Crippen LogP contribution is -2.19. The second-order valence-corrected chi connectivity index (χ2v) is 13.6. The molecular formula is C29H26Cl5N3O3. The zero-order chi connectivity index (χ0) is 29.4. The minimum atomic E-state index is -1.34. The third kappa shape index (κ3) is 7.42. The molecule has 3 amide bonds. The van der Waals surface area contributed by atoms with Gasteiger partial charge in [0.2, 0.25) is 11.8 Å². The zero-order valence-electron chi connectivity index (χ0n) is 21.7. The molecule has 1 aliphatic carbocycles. The van der Waals surface area contributed by atoms with Crippen molar-refractivity contribution < 1.29 is 14.4 Å². The first-order chi connectivity index (χ1) is 18.6. The largest absolute Gasteiger partial charge is 0.326 e. The number of anilines is 3. The molecule has 0 aromatic heterocycles. The van der Waals surface area contributed by atoms with Crippen LogP contribution in [-0.2, 0) is 9.59 Å². The monoisotopic (exact) mass is 639 g/mol. The molecule has 0 radical (unpaired) electrons. The van der Waals surface area contributed by atoms with E-state index in [-0.39, 0.29) is 21.9 Å². The maximum Gasteiger partial charge on any atom is 0.257 e. The Balaban J connectivity index is 1.41. The normalized spacial score (nSPS) is 17.6. The van der Waals surface area contributed by atoms with Crippen molar-refractivity contribution in [2.75, 3.05) is 16.0 Å².